The van der Waals surface area contributed by atoms with E-state index < -0.39 is 0 Å². The first-order valence-corrected chi connectivity index (χ1v) is 8.86. The van der Waals surface area contributed by atoms with Crippen molar-refractivity contribution in [3.8, 4) is 11.8 Å². The lowest BCUT2D eigenvalue weighted by atomic mass is 9.77. The Balaban J connectivity index is 1.72. The third kappa shape index (κ3) is 3.86. The quantitative estimate of drug-likeness (QED) is 0.505. The summed E-state index contributed by atoms with van der Waals surface area (Å²) in [6.45, 7) is 0. The van der Waals surface area contributed by atoms with Gasteiger partial charge in [0.05, 0.1) is 12.2 Å². The molecule has 2 heterocycles. The van der Waals surface area contributed by atoms with Gasteiger partial charge < -0.3 is 9.15 Å². The number of hydrogen-bond donors (Lipinski definition) is 0. The van der Waals surface area contributed by atoms with E-state index in [1.165, 1.54) is 6.26 Å². The van der Waals surface area contributed by atoms with E-state index in [1.54, 1.807) is 6.26 Å². The van der Waals surface area contributed by atoms with Crippen LogP contribution in [0, 0.1) is 17.8 Å². The van der Waals surface area contributed by atoms with E-state index in [1.807, 2.05) is 72.8 Å². The molecule has 0 saturated carbocycles. The first-order valence-electron chi connectivity index (χ1n) is 8.86. The molecule has 0 radical (unpaired) electrons. The Hall–Kier alpha value is -3.51. The van der Waals surface area contributed by atoms with E-state index in [2.05, 4.69) is 11.8 Å². The lowest BCUT2D eigenvalue weighted by Gasteiger charge is -2.28. The van der Waals surface area contributed by atoms with Crippen LogP contribution in [0.1, 0.15) is 22.8 Å². The number of benzene rings is 2. The van der Waals surface area contributed by atoms with Crippen LogP contribution >= 0.6 is 0 Å². The molecule has 0 amide bonds. The molecular formula is C24H18O3. The summed E-state index contributed by atoms with van der Waals surface area (Å²) in [6.07, 6.45) is 3.58. The molecule has 1 aromatic heterocycles. The van der Waals surface area contributed by atoms with Gasteiger partial charge >= 0.3 is 5.97 Å². The van der Waals surface area contributed by atoms with Crippen LogP contribution in [0.5, 0.6) is 0 Å². The second-order valence-electron chi connectivity index (χ2n) is 6.40. The molecule has 3 aromatic rings. The molecule has 1 aliphatic rings. The smallest absolute Gasteiger partial charge is 0.315 e. The zero-order chi connectivity index (χ0) is 18.5. The van der Waals surface area contributed by atoms with Gasteiger partial charge in [-0.2, -0.15) is 0 Å². The Kier molecular flexibility index (Phi) is 4.89. The van der Waals surface area contributed by atoms with E-state index in [-0.39, 0.29) is 17.8 Å². The van der Waals surface area contributed by atoms with Crippen LogP contribution in [0.2, 0.25) is 0 Å². The standard InChI is InChI=1S/C24H18O3/c25-24-22(16-21-12-7-15-26-21)23(19-10-5-2-6-11-19)20(17-27-24)14-13-18-8-3-1-4-9-18/h1-12,15,17,22-23H,16H2/t22-,23+/m0/s1. The number of carbonyl (C=O) groups excluding carboxylic acids is 1. The van der Waals surface area contributed by atoms with Crippen molar-refractivity contribution in [3.05, 3.63) is 108 Å². The number of carbonyl (C=O) groups is 1. The minimum absolute atomic E-state index is 0.172. The molecular weight excluding hydrogens is 336 g/mol. The second kappa shape index (κ2) is 7.80. The minimum atomic E-state index is -0.386. The Labute approximate surface area is 158 Å². The number of hydrogen-bond acceptors (Lipinski definition) is 3. The average molecular weight is 354 g/mol. The third-order valence-corrected chi connectivity index (χ3v) is 4.63. The number of esters is 1. The van der Waals surface area contributed by atoms with E-state index in [4.69, 9.17) is 9.15 Å². The molecule has 0 N–H and O–H groups in total. The number of rotatable bonds is 3. The molecule has 0 fully saturated rings. The van der Waals surface area contributed by atoms with Gasteiger partial charge in [-0.3, -0.25) is 4.79 Å². The number of ether oxygens (including phenoxy) is 1. The van der Waals surface area contributed by atoms with E-state index in [9.17, 15) is 4.79 Å². The molecule has 0 unspecified atom stereocenters. The predicted octanol–water partition coefficient (Wildman–Crippen LogP) is 4.71. The molecule has 0 spiro atoms. The van der Waals surface area contributed by atoms with Gasteiger partial charge in [0.1, 0.15) is 12.0 Å². The fourth-order valence-corrected chi connectivity index (χ4v) is 3.33. The number of allylic oxidation sites excluding steroid dienone is 1. The Bertz CT molecular complexity index is 990. The second-order valence-corrected chi connectivity index (χ2v) is 6.40. The Morgan fingerprint density at radius 1 is 0.852 bits per heavy atom. The van der Waals surface area contributed by atoms with Crippen molar-refractivity contribution in [3.63, 3.8) is 0 Å². The van der Waals surface area contributed by atoms with Gasteiger partial charge in [-0.25, -0.2) is 0 Å². The van der Waals surface area contributed by atoms with Crippen LogP contribution in [0.4, 0.5) is 0 Å². The maximum Gasteiger partial charge on any atom is 0.315 e. The molecule has 0 saturated heterocycles. The van der Waals surface area contributed by atoms with Gasteiger partial charge in [0.15, 0.2) is 0 Å². The van der Waals surface area contributed by atoms with Crippen LogP contribution in [0.15, 0.2) is 95.3 Å². The van der Waals surface area contributed by atoms with E-state index in [0.717, 1.165) is 22.5 Å². The van der Waals surface area contributed by atoms with Gasteiger partial charge in [-0.1, -0.05) is 60.4 Å². The average Bonchev–Trinajstić information content (AvgIpc) is 3.23. The molecule has 132 valence electrons. The molecule has 0 aliphatic carbocycles. The van der Waals surface area contributed by atoms with Gasteiger partial charge in [0, 0.05) is 23.5 Å². The maximum absolute atomic E-state index is 12.6. The van der Waals surface area contributed by atoms with Gasteiger partial charge in [-0.15, -0.1) is 0 Å². The molecule has 2 aromatic carbocycles. The summed E-state index contributed by atoms with van der Waals surface area (Å²) in [7, 11) is 0. The molecule has 3 nitrogen and oxygen atoms in total. The molecule has 0 bridgehead atoms. The zero-order valence-electron chi connectivity index (χ0n) is 14.7. The summed E-state index contributed by atoms with van der Waals surface area (Å²) >= 11 is 0. The summed E-state index contributed by atoms with van der Waals surface area (Å²) in [5.74, 6) is 6.34. The van der Waals surface area contributed by atoms with Gasteiger partial charge in [0.25, 0.3) is 0 Å². The van der Waals surface area contributed by atoms with Crippen molar-refractivity contribution >= 4 is 5.97 Å². The van der Waals surface area contributed by atoms with E-state index in [0.29, 0.717) is 6.42 Å². The van der Waals surface area contributed by atoms with Crippen molar-refractivity contribution in [1.82, 2.24) is 0 Å². The Morgan fingerprint density at radius 3 is 2.30 bits per heavy atom. The highest BCUT2D eigenvalue weighted by molar-refractivity contribution is 5.78. The third-order valence-electron chi connectivity index (χ3n) is 4.63. The Morgan fingerprint density at radius 2 is 1.59 bits per heavy atom. The van der Waals surface area contributed by atoms with Crippen LogP contribution in [0.3, 0.4) is 0 Å². The summed E-state index contributed by atoms with van der Waals surface area (Å²) in [6, 6.07) is 23.4. The molecule has 4 rings (SSSR count). The van der Waals surface area contributed by atoms with Gasteiger partial charge in [-0.05, 0) is 29.8 Å². The highest BCUT2D eigenvalue weighted by Gasteiger charge is 2.37. The monoisotopic (exact) mass is 354 g/mol. The van der Waals surface area contributed by atoms with Crippen molar-refractivity contribution < 1.29 is 13.9 Å². The topological polar surface area (TPSA) is 39.4 Å². The van der Waals surface area contributed by atoms with Crippen molar-refractivity contribution in [2.45, 2.75) is 12.3 Å². The lowest BCUT2D eigenvalue weighted by Crippen LogP contribution is -2.30. The maximum atomic E-state index is 12.6. The fourth-order valence-electron chi connectivity index (χ4n) is 3.33. The summed E-state index contributed by atoms with van der Waals surface area (Å²) < 4.78 is 10.8. The zero-order valence-corrected chi connectivity index (χ0v) is 14.7. The molecule has 1 aliphatic heterocycles. The van der Waals surface area contributed by atoms with Gasteiger partial charge in [0.2, 0.25) is 0 Å². The molecule has 3 heteroatoms. The SMILES string of the molecule is O=C1OC=C(C#Cc2ccccc2)[C@@H](c2ccccc2)[C@@H]1Cc1ccco1. The summed E-state index contributed by atoms with van der Waals surface area (Å²) in [5, 5.41) is 0. The first kappa shape index (κ1) is 16.9. The summed E-state index contributed by atoms with van der Waals surface area (Å²) in [5.41, 5.74) is 2.75. The predicted molar refractivity (Wildman–Crippen MR) is 103 cm³/mol. The van der Waals surface area contributed by atoms with Crippen LogP contribution < -0.4 is 0 Å². The highest BCUT2D eigenvalue weighted by Crippen LogP contribution is 2.38. The number of furan rings is 1. The minimum Gasteiger partial charge on any atom is -0.469 e. The highest BCUT2D eigenvalue weighted by atomic mass is 16.5. The van der Waals surface area contributed by atoms with Crippen molar-refractivity contribution in [2.75, 3.05) is 0 Å². The molecule has 2 atom stereocenters. The summed E-state index contributed by atoms with van der Waals surface area (Å²) in [4.78, 5) is 12.6. The van der Waals surface area contributed by atoms with Crippen LogP contribution in [-0.2, 0) is 16.0 Å². The molecule has 27 heavy (non-hydrogen) atoms. The largest absolute Gasteiger partial charge is 0.469 e. The van der Waals surface area contributed by atoms with Crippen LogP contribution in [-0.4, -0.2) is 5.97 Å². The fraction of sp³-hybridized carbons (Fsp3) is 0.125. The van der Waals surface area contributed by atoms with E-state index >= 15 is 0 Å². The normalized spacial score (nSPS) is 18.8. The lowest BCUT2D eigenvalue weighted by molar-refractivity contribution is -0.144. The van der Waals surface area contributed by atoms with Crippen molar-refractivity contribution in [1.29, 1.82) is 0 Å². The number of cyclic esters (lactones) is 1. The van der Waals surface area contributed by atoms with Crippen LogP contribution in [0.25, 0.3) is 0 Å². The van der Waals surface area contributed by atoms with Crippen molar-refractivity contribution in [2.24, 2.45) is 5.92 Å². The first-order chi connectivity index (χ1) is 13.3.